The number of para-hydroxylation sites is 1. The first kappa shape index (κ1) is 23.8. The Morgan fingerprint density at radius 3 is 2.50 bits per heavy atom. The van der Waals surface area contributed by atoms with E-state index in [9.17, 15) is 24.6 Å². The van der Waals surface area contributed by atoms with E-state index in [4.69, 9.17) is 0 Å². The van der Waals surface area contributed by atoms with Gasteiger partial charge in [-0.3, -0.25) is 14.9 Å². The number of aryl methyl sites for hydroxylation is 1. The van der Waals surface area contributed by atoms with E-state index in [0.29, 0.717) is 21.7 Å². The molecule has 2 aromatic heterocycles. The number of phenols is 1. The van der Waals surface area contributed by atoms with Crippen LogP contribution in [0.25, 0.3) is 32.4 Å². The van der Waals surface area contributed by atoms with Gasteiger partial charge in [0.25, 0.3) is 0 Å². The number of nitrogens with one attached hydrogen (secondary N) is 2. The lowest BCUT2D eigenvalue weighted by Gasteiger charge is -2.09. The van der Waals surface area contributed by atoms with Crippen molar-refractivity contribution in [1.82, 2.24) is 9.55 Å². The number of hydrogen-bond donors (Lipinski definition) is 4. The molecule has 2 amide bonds. The Balaban J connectivity index is 1.40. The fourth-order valence-corrected chi connectivity index (χ4v) is 5.90. The average molecular weight is 612 g/mol. The molecule has 0 aliphatic rings. The number of carboxylic acid groups (broad SMARTS) is 1. The molecule has 36 heavy (non-hydrogen) atoms. The van der Waals surface area contributed by atoms with Crippen molar-refractivity contribution >= 4 is 83.6 Å². The molecule has 3 aromatic carbocycles. The highest BCUT2D eigenvalue weighted by molar-refractivity contribution is 14.1. The molecule has 0 bridgehead atoms. The molecule has 0 saturated heterocycles. The fraction of sp³-hybridized carbons (Fsp3) is 0.0400. The highest BCUT2D eigenvalue weighted by atomic mass is 127. The summed E-state index contributed by atoms with van der Waals surface area (Å²) in [6, 6.07) is 17.2. The van der Waals surface area contributed by atoms with Crippen LogP contribution >= 0.6 is 33.9 Å². The largest absolute Gasteiger partial charge is 0.507 e. The van der Waals surface area contributed by atoms with E-state index in [1.54, 1.807) is 25.2 Å². The molecule has 9 nitrogen and oxygen atoms in total. The van der Waals surface area contributed by atoms with E-state index in [0.717, 1.165) is 25.0 Å². The smallest absolute Gasteiger partial charge is 0.339 e. The molecule has 5 aromatic rings. The van der Waals surface area contributed by atoms with E-state index >= 15 is 0 Å². The number of halogens is 1. The number of thiazole rings is 1. The summed E-state index contributed by atoms with van der Waals surface area (Å²) in [6.45, 7) is 0. The molecule has 0 radical (unpaired) electrons. The van der Waals surface area contributed by atoms with Crippen LogP contribution in [0, 0.1) is 3.57 Å². The average Bonchev–Trinajstić information content (AvgIpc) is 3.36. The molecular weight excluding hydrogens is 595 g/mol. The number of aromatic carboxylic acids is 1. The number of anilines is 2. The first-order chi connectivity index (χ1) is 17.2. The Bertz CT molecular complexity index is 1670. The van der Waals surface area contributed by atoms with Crippen LogP contribution in [-0.4, -0.2) is 37.5 Å². The number of benzene rings is 3. The minimum absolute atomic E-state index is 0.183. The molecule has 0 aliphatic carbocycles. The van der Waals surface area contributed by atoms with Crippen molar-refractivity contribution in [3.8, 4) is 17.0 Å². The minimum atomic E-state index is -1.22. The van der Waals surface area contributed by atoms with Crippen LogP contribution in [0.3, 0.4) is 0 Å². The molecule has 5 rings (SSSR count). The van der Waals surface area contributed by atoms with Crippen LogP contribution in [0.4, 0.5) is 10.8 Å². The van der Waals surface area contributed by atoms with Crippen molar-refractivity contribution in [1.29, 1.82) is 0 Å². The first-order valence-electron chi connectivity index (χ1n) is 10.6. The summed E-state index contributed by atoms with van der Waals surface area (Å²) in [4.78, 5) is 40.8. The summed E-state index contributed by atoms with van der Waals surface area (Å²) >= 11 is 3.40. The van der Waals surface area contributed by atoms with Crippen LogP contribution in [0.5, 0.6) is 5.75 Å². The van der Waals surface area contributed by atoms with Gasteiger partial charge in [-0.05, 0) is 52.9 Å². The zero-order valence-electron chi connectivity index (χ0n) is 18.6. The number of carboxylic acids is 1. The Morgan fingerprint density at radius 2 is 1.75 bits per heavy atom. The molecule has 0 atom stereocenters. The van der Waals surface area contributed by atoms with Gasteiger partial charge in [0.2, 0.25) is 0 Å². The van der Waals surface area contributed by atoms with Crippen LogP contribution < -0.4 is 10.6 Å². The number of amides is 2. The lowest BCUT2D eigenvalue weighted by molar-refractivity contribution is -0.132. The van der Waals surface area contributed by atoms with Gasteiger partial charge >= 0.3 is 17.8 Å². The Labute approximate surface area is 221 Å². The first-order valence-corrected chi connectivity index (χ1v) is 12.4. The SMILES string of the molecule is Cn1c(-c2cccc(NC(=O)C(=O)Nc3nc4ccccc4s3)c2)c(I)c2cc(C(=O)O)c(O)cc21. The van der Waals surface area contributed by atoms with Crippen molar-refractivity contribution in [3.63, 3.8) is 0 Å². The van der Waals surface area contributed by atoms with E-state index in [2.05, 4.69) is 38.2 Å². The predicted molar refractivity (Wildman–Crippen MR) is 147 cm³/mol. The number of hydrogen-bond acceptors (Lipinski definition) is 6. The molecule has 0 aliphatic heterocycles. The van der Waals surface area contributed by atoms with Gasteiger partial charge in [-0.1, -0.05) is 35.6 Å². The second kappa shape index (κ2) is 9.24. The van der Waals surface area contributed by atoms with Crippen molar-refractivity contribution in [2.75, 3.05) is 10.6 Å². The highest BCUT2D eigenvalue weighted by Crippen LogP contribution is 2.37. The summed E-state index contributed by atoms with van der Waals surface area (Å²) in [5.74, 6) is -3.22. The highest BCUT2D eigenvalue weighted by Gasteiger charge is 2.21. The summed E-state index contributed by atoms with van der Waals surface area (Å²) in [5.41, 5.74) is 3.12. The van der Waals surface area contributed by atoms with Crippen molar-refractivity contribution in [2.24, 2.45) is 7.05 Å². The number of nitrogens with zero attached hydrogens (tertiary/aromatic N) is 2. The topological polar surface area (TPSA) is 134 Å². The maximum atomic E-state index is 12.6. The minimum Gasteiger partial charge on any atom is -0.507 e. The van der Waals surface area contributed by atoms with Crippen LogP contribution in [0.2, 0.25) is 0 Å². The van der Waals surface area contributed by atoms with E-state index in [1.807, 2.05) is 34.9 Å². The second-order valence-corrected chi connectivity index (χ2v) is 10.00. The monoisotopic (exact) mass is 612 g/mol. The lowest BCUT2D eigenvalue weighted by atomic mass is 10.1. The number of aromatic hydroxyl groups is 1. The third kappa shape index (κ3) is 4.27. The fourth-order valence-electron chi connectivity index (χ4n) is 3.93. The molecular formula is C25H17IN4O5S. The zero-order chi connectivity index (χ0) is 25.6. The number of carbonyl (C=O) groups excluding carboxylic acids is 2. The molecule has 0 spiro atoms. The van der Waals surface area contributed by atoms with Gasteiger partial charge in [-0.15, -0.1) is 0 Å². The number of carbonyl (C=O) groups is 3. The maximum Gasteiger partial charge on any atom is 0.339 e. The third-order valence-electron chi connectivity index (χ3n) is 5.60. The molecule has 0 saturated carbocycles. The van der Waals surface area contributed by atoms with E-state index in [1.165, 1.54) is 23.5 Å². The second-order valence-electron chi connectivity index (χ2n) is 7.89. The van der Waals surface area contributed by atoms with Crippen LogP contribution in [-0.2, 0) is 16.6 Å². The van der Waals surface area contributed by atoms with Gasteiger partial charge in [0, 0.05) is 33.3 Å². The summed E-state index contributed by atoms with van der Waals surface area (Å²) in [6.07, 6.45) is 0. The number of aromatic nitrogens is 2. The maximum absolute atomic E-state index is 12.6. The molecule has 0 unspecified atom stereocenters. The molecule has 180 valence electrons. The van der Waals surface area contributed by atoms with E-state index < -0.39 is 17.8 Å². The third-order valence-corrected chi connectivity index (χ3v) is 7.64. The van der Waals surface area contributed by atoms with Crippen molar-refractivity contribution in [2.45, 2.75) is 0 Å². The quantitative estimate of drug-likeness (QED) is 0.166. The molecule has 2 heterocycles. The van der Waals surface area contributed by atoms with Gasteiger partial charge < -0.3 is 20.1 Å². The van der Waals surface area contributed by atoms with Gasteiger partial charge in [0.15, 0.2) is 5.13 Å². The van der Waals surface area contributed by atoms with E-state index in [-0.39, 0.29) is 11.3 Å². The Kier molecular flexibility index (Phi) is 6.10. The van der Waals surface area contributed by atoms with Gasteiger partial charge in [-0.25, -0.2) is 9.78 Å². The summed E-state index contributed by atoms with van der Waals surface area (Å²) < 4.78 is 3.52. The van der Waals surface area contributed by atoms with Gasteiger partial charge in [-0.2, -0.15) is 0 Å². The van der Waals surface area contributed by atoms with Crippen LogP contribution in [0.15, 0.2) is 60.7 Å². The van der Waals surface area contributed by atoms with Gasteiger partial charge in [0.05, 0.1) is 21.4 Å². The standard InChI is InChI=1S/C25H17IN4O5S/c1-30-17-11-18(31)15(24(34)35)10-14(17)20(26)21(30)12-5-4-6-13(9-12)27-22(32)23(33)29-25-28-16-7-2-3-8-19(16)36-25/h2-11,31H,1H3,(H,27,32)(H,34,35)(H,28,29,33). The number of rotatable bonds is 4. The van der Waals surface area contributed by atoms with Crippen molar-refractivity contribution in [3.05, 3.63) is 69.8 Å². The molecule has 0 fully saturated rings. The number of fused-ring (bicyclic) bond motifs is 2. The molecule has 11 heteroatoms. The zero-order valence-corrected chi connectivity index (χ0v) is 21.5. The predicted octanol–water partition coefficient (Wildman–Crippen LogP) is 5.04. The summed E-state index contributed by atoms with van der Waals surface area (Å²) in [5, 5.41) is 25.6. The summed E-state index contributed by atoms with van der Waals surface area (Å²) in [7, 11) is 1.80. The van der Waals surface area contributed by atoms with Gasteiger partial charge in [0.1, 0.15) is 11.3 Å². The van der Waals surface area contributed by atoms with Crippen molar-refractivity contribution < 1.29 is 24.6 Å². The normalized spacial score (nSPS) is 11.1. The molecule has 4 N–H and O–H groups in total. The van der Waals surface area contributed by atoms with Crippen LogP contribution in [0.1, 0.15) is 10.4 Å². The Morgan fingerprint density at radius 1 is 1.00 bits per heavy atom. The lowest BCUT2D eigenvalue weighted by Crippen LogP contribution is -2.29. The Hall–Kier alpha value is -3.97.